The number of aryl methyl sites for hydroxylation is 1. The summed E-state index contributed by atoms with van der Waals surface area (Å²) in [5, 5.41) is 3.27. The Kier molecular flexibility index (Phi) is 5.36. The Morgan fingerprint density at radius 1 is 1.72 bits per heavy atom. The second-order valence-corrected chi connectivity index (χ2v) is 6.77. The molecule has 100 valence electrons. The summed E-state index contributed by atoms with van der Waals surface area (Å²) >= 11 is 5.17. The van der Waals surface area contributed by atoms with Crippen LogP contribution in [0.5, 0.6) is 0 Å². The molecule has 1 saturated heterocycles. The number of rotatable bonds is 6. The second kappa shape index (κ2) is 6.80. The molecular weight excluding hydrogens is 312 g/mol. The topological polar surface area (TPSA) is 25.4 Å². The van der Waals surface area contributed by atoms with Crippen LogP contribution in [0.25, 0.3) is 0 Å². The highest BCUT2D eigenvalue weighted by atomic mass is 79.9. The highest BCUT2D eigenvalue weighted by Gasteiger charge is 2.20. The molecule has 5 heteroatoms. The van der Waals surface area contributed by atoms with E-state index in [2.05, 4.69) is 37.8 Å². The van der Waals surface area contributed by atoms with Gasteiger partial charge in [-0.05, 0) is 19.8 Å². The number of hydrogen-bond donors (Lipinski definition) is 0. The van der Waals surface area contributed by atoms with Gasteiger partial charge in [0.15, 0.2) is 0 Å². The second-order valence-electron chi connectivity index (χ2n) is 4.70. The van der Waals surface area contributed by atoms with Crippen molar-refractivity contribution < 1.29 is 4.74 Å². The van der Waals surface area contributed by atoms with Gasteiger partial charge in [0, 0.05) is 35.3 Å². The third-order valence-corrected chi connectivity index (χ3v) is 4.11. The van der Waals surface area contributed by atoms with Crippen LogP contribution in [0.15, 0.2) is 16.4 Å². The van der Waals surface area contributed by atoms with Gasteiger partial charge >= 0.3 is 0 Å². The Labute approximate surface area is 121 Å². The van der Waals surface area contributed by atoms with Crippen LogP contribution >= 0.6 is 27.3 Å². The third kappa shape index (κ3) is 4.46. The molecule has 1 atom stereocenters. The molecule has 3 nitrogen and oxygen atoms in total. The molecule has 1 aliphatic rings. The first-order valence-corrected chi connectivity index (χ1v) is 7.89. The van der Waals surface area contributed by atoms with Crippen LogP contribution < -0.4 is 0 Å². The smallest absolute Gasteiger partial charge is 0.107 e. The van der Waals surface area contributed by atoms with E-state index in [1.54, 1.807) is 11.3 Å². The van der Waals surface area contributed by atoms with Gasteiger partial charge < -0.3 is 4.74 Å². The van der Waals surface area contributed by atoms with Crippen LogP contribution in [-0.2, 0) is 11.3 Å². The number of nitrogens with zero attached hydrogens (tertiary/aromatic N) is 2. The Hall–Kier alpha value is -0.230. The average molecular weight is 331 g/mol. The van der Waals surface area contributed by atoms with E-state index in [4.69, 9.17) is 4.74 Å². The third-order valence-electron chi connectivity index (χ3n) is 2.91. The lowest BCUT2D eigenvalue weighted by atomic mass is 10.2. The summed E-state index contributed by atoms with van der Waals surface area (Å²) < 4.78 is 6.71. The maximum Gasteiger partial charge on any atom is 0.107 e. The Bertz CT molecular complexity index is 401. The molecule has 0 aromatic carbocycles. The highest BCUT2D eigenvalue weighted by molar-refractivity contribution is 9.11. The number of halogens is 1. The molecule has 0 spiro atoms. The van der Waals surface area contributed by atoms with Crippen LogP contribution in [0.4, 0.5) is 0 Å². The molecule has 1 aliphatic heterocycles. The van der Waals surface area contributed by atoms with Gasteiger partial charge in [0.1, 0.15) is 5.01 Å². The van der Waals surface area contributed by atoms with Gasteiger partial charge in [-0.3, -0.25) is 4.90 Å². The summed E-state index contributed by atoms with van der Waals surface area (Å²) in [6, 6.07) is 0. The van der Waals surface area contributed by atoms with Gasteiger partial charge in [-0.2, -0.15) is 0 Å². The standard InChI is InChI=1S/C13H19BrN2OS/c1-10(14)6-16(7-12-4-3-5-17-12)8-13-15-11(2)9-18-13/h9,12H,1,3-8H2,2H3/t12-/m1/s1. The summed E-state index contributed by atoms with van der Waals surface area (Å²) in [5.74, 6) is 0. The van der Waals surface area contributed by atoms with E-state index < -0.39 is 0 Å². The normalized spacial score (nSPS) is 19.6. The Balaban J connectivity index is 1.93. The monoisotopic (exact) mass is 330 g/mol. The number of aromatic nitrogens is 1. The van der Waals surface area contributed by atoms with Crippen LogP contribution in [0, 0.1) is 6.92 Å². The van der Waals surface area contributed by atoms with Gasteiger partial charge in [0.05, 0.1) is 12.6 Å². The van der Waals surface area contributed by atoms with E-state index in [0.717, 1.165) is 36.4 Å². The molecule has 0 radical (unpaired) electrons. The number of thiazole rings is 1. The van der Waals surface area contributed by atoms with E-state index in [1.807, 2.05) is 6.92 Å². The largest absolute Gasteiger partial charge is 0.377 e. The summed E-state index contributed by atoms with van der Waals surface area (Å²) in [4.78, 5) is 6.88. The van der Waals surface area contributed by atoms with Crippen molar-refractivity contribution >= 4 is 27.3 Å². The molecule has 2 heterocycles. The minimum absolute atomic E-state index is 0.373. The first kappa shape index (κ1) is 14.2. The van der Waals surface area contributed by atoms with Crippen molar-refractivity contribution in [3.8, 4) is 0 Å². The van der Waals surface area contributed by atoms with Gasteiger partial charge in [-0.1, -0.05) is 22.5 Å². The van der Waals surface area contributed by atoms with Gasteiger partial charge in [0.25, 0.3) is 0 Å². The molecule has 0 saturated carbocycles. The van der Waals surface area contributed by atoms with Crippen LogP contribution in [0.2, 0.25) is 0 Å². The van der Waals surface area contributed by atoms with E-state index in [0.29, 0.717) is 6.10 Å². The van der Waals surface area contributed by atoms with Crippen molar-refractivity contribution in [2.75, 3.05) is 19.7 Å². The lowest BCUT2D eigenvalue weighted by Crippen LogP contribution is -2.32. The zero-order valence-corrected chi connectivity index (χ0v) is 13.1. The Morgan fingerprint density at radius 3 is 3.11 bits per heavy atom. The Morgan fingerprint density at radius 2 is 2.56 bits per heavy atom. The zero-order chi connectivity index (χ0) is 13.0. The predicted molar refractivity (Wildman–Crippen MR) is 79.2 cm³/mol. The quantitative estimate of drug-likeness (QED) is 0.799. The predicted octanol–water partition coefficient (Wildman–Crippen LogP) is 3.34. The van der Waals surface area contributed by atoms with E-state index in [-0.39, 0.29) is 0 Å². The fourth-order valence-electron chi connectivity index (χ4n) is 2.17. The maximum absolute atomic E-state index is 5.70. The molecule has 0 unspecified atom stereocenters. The molecule has 2 rings (SSSR count). The molecule has 0 aliphatic carbocycles. The van der Waals surface area contributed by atoms with E-state index >= 15 is 0 Å². The van der Waals surface area contributed by atoms with Crippen molar-refractivity contribution in [2.24, 2.45) is 0 Å². The number of hydrogen-bond acceptors (Lipinski definition) is 4. The maximum atomic E-state index is 5.70. The van der Waals surface area contributed by atoms with Gasteiger partial charge in [-0.25, -0.2) is 4.98 Å². The lowest BCUT2D eigenvalue weighted by Gasteiger charge is -2.23. The van der Waals surface area contributed by atoms with Crippen molar-refractivity contribution in [3.63, 3.8) is 0 Å². The molecule has 0 amide bonds. The van der Waals surface area contributed by atoms with Crippen LogP contribution in [-0.4, -0.2) is 35.7 Å². The van der Waals surface area contributed by atoms with Crippen LogP contribution in [0.3, 0.4) is 0 Å². The SMILES string of the molecule is C=C(Br)CN(Cc1nc(C)cs1)C[C@H]1CCCO1. The van der Waals surface area contributed by atoms with Crippen molar-refractivity contribution in [1.82, 2.24) is 9.88 Å². The summed E-state index contributed by atoms with van der Waals surface area (Å²) in [7, 11) is 0. The van der Waals surface area contributed by atoms with Gasteiger partial charge in [0.2, 0.25) is 0 Å². The summed E-state index contributed by atoms with van der Waals surface area (Å²) in [5.41, 5.74) is 1.10. The molecule has 18 heavy (non-hydrogen) atoms. The highest BCUT2D eigenvalue weighted by Crippen LogP contribution is 2.18. The van der Waals surface area contributed by atoms with Crippen LogP contribution in [0.1, 0.15) is 23.5 Å². The average Bonchev–Trinajstić information content (AvgIpc) is 2.89. The summed E-state index contributed by atoms with van der Waals surface area (Å²) in [6.45, 7) is 9.56. The van der Waals surface area contributed by atoms with Gasteiger partial charge in [-0.15, -0.1) is 11.3 Å². The minimum atomic E-state index is 0.373. The molecular formula is C13H19BrN2OS. The van der Waals surface area contributed by atoms with Crippen molar-refractivity contribution in [1.29, 1.82) is 0 Å². The molecule has 0 bridgehead atoms. The molecule has 1 aromatic heterocycles. The first-order chi connectivity index (χ1) is 8.63. The zero-order valence-electron chi connectivity index (χ0n) is 10.7. The number of ether oxygens (including phenoxy) is 1. The fourth-order valence-corrected chi connectivity index (χ4v) is 3.34. The van der Waals surface area contributed by atoms with Crippen molar-refractivity contribution in [2.45, 2.75) is 32.4 Å². The fraction of sp³-hybridized carbons (Fsp3) is 0.615. The van der Waals surface area contributed by atoms with E-state index in [9.17, 15) is 0 Å². The van der Waals surface area contributed by atoms with Crippen molar-refractivity contribution in [3.05, 3.63) is 27.1 Å². The lowest BCUT2D eigenvalue weighted by molar-refractivity contribution is 0.0744. The molecule has 1 aromatic rings. The minimum Gasteiger partial charge on any atom is -0.377 e. The molecule has 0 N–H and O–H groups in total. The summed E-state index contributed by atoms with van der Waals surface area (Å²) in [6.07, 6.45) is 2.73. The molecule has 1 fully saturated rings. The van der Waals surface area contributed by atoms with E-state index in [1.165, 1.54) is 17.8 Å². The first-order valence-electron chi connectivity index (χ1n) is 6.21.